The van der Waals surface area contributed by atoms with E-state index in [2.05, 4.69) is 15.2 Å². The van der Waals surface area contributed by atoms with Gasteiger partial charge in [-0.1, -0.05) is 0 Å². The normalized spacial score (nSPS) is 9.44. The van der Waals surface area contributed by atoms with E-state index in [0.717, 1.165) is 0 Å². The molecule has 5 heteroatoms. The van der Waals surface area contributed by atoms with Crippen molar-refractivity contribution in [3.8, 4) is 0 Å². The Morgan fingerprint density at radius 1 is 1.78 bits per heavy atom. The van der Waals surface area contributed by atoms with Gasteiger partial charge in [-0.3, -0.25) is 5.10 Å². The van der Waals surface area contributed by atoms with Crippen LogP contribution in [0.15, 0.2) is 0 Å². The number of carboxylic acids is 1. The van der Waals surface area contributed by atoms with Crippen molar-refractivity contribution in [2.75, 3.05) is 0 Å². The minimum atomic E-state index is -1.36. The first-order chi connectivity index (χ1) is 4.20. The third-order valence-electron chi connectivity index (χ3n) is 0.780. The van der Waals surface area contributed by atoms with Crippen LogP contribution in [0, 0.1) is 6.92 Å². The number of carboxylic acid groups (broad SMARTS) is 1. The second-order valence-electron chi connectivity index (χ2n) is 1.53. The lowest BCUT2D eigenvalue weighted by Crippen LogP contribution is -2.23. The molecule has 0 atom stereocenters. The number of rotatable bonds is 1. The largest absolute Gasteiger partial charge is 0.541 e. The first-order valence-corrected chi connectivity index (χ1v) is 2.30. The molecular formula is C4H4N3O2-. The van der Waals surface area contributed by atoms with Crippen LogP contribution in [0.1, 0.15) is 16.4 Å². The van der Waals surface area contributed by atoms with Gasteiger partial charge in [-0.05, 0) is 6.92 Å². The number of carbonyl (C=O) groups excluding carboxylic acids is 1. The molecule has 0 aliphatic heterocycles. The maximum absolute atomic E-state index is 9.96. The molecule has 1 aromatic heterocycles. The van der Waals surface area contributed by atoms with Crippen LogP contribution in [0.2, 0.25) is 0 Å². The fraction of sp³-hybridized carbons (Fsp3) is 0.250. The van der Waals surface area contributed by atoms with Gasteiger partial charge in [-0.2, -0.15) is 5.10 Å². The second kappa shape index (κ2) is 1.85. The number of carbonyl (C=O) groups is 1. The molecule has 0 fully saturated rings. The van der Waals surface area contributed by atoms with Crippen molar-refractivity contribution in [2.24, 2.45) is 0 Å². The van der Waals surface area contributed by atoms with Crippen molar-refractivity contribution in [3.05, 3.63) is 11.6 Å². The third-order valence-corrected chi connectivity index (χ3v) is 0.780. The van der Waals surface area contributed by atoms with Crippen LogP contribution in [0.5, 0.6) is 0 Å². The third kappa shape index (κ3) is 1.04. The number of H-pyrrole nitrogens is 1. The molecule has 1 N–H and O–H groups in total. The maximum atomic E-state index is 9.96. The summed E-state index contributed by atoms with van der Waals surface area (Å²) in [4.78, 5) is 13.4. The highest BCUT2D eigenvalue weighted by molar-refractivity contribution is 5.80. The summed E-state index contributed by atoms with van der Waals surface area (Å²) in [5.74, 6) is -1.19. The Morgan fingerprint density at radius 3 is 2.67 bits per heavy atom. The number of aryl methyl sites for hydroxylation is 1. The van der Waals surface area contributed by atoms with Crippen LogP contribution < -0.4 is 5.11 Å². The maximum Gasteiger partial charge on any atom is 0.196 e. The van der Waals surface area contributed by atoms with Gasteiger partial charge in [0, 0.05) is 0 Å². The van der Waals surface area contributed by atoms with Gasteiger partial charge in [-0.15, -0.1) is 0 Å². The van der Waals surface area contributed by atoms with Gasteiger partial charge in [0.05, 0.1) is 0 Å². The van der Waals surface area contributed by atoms with E-state index in [-0.39, 0.29) is 5.82 Å². The van der Waals surface area contributed by atoms with E-state index in [9.17, 15) is 9.90 Å². The van der Waals surface area contributed by atoms with E-state index in [4.69, 9.17) is 0 Å². The summed E-state index contributed by atoms with van der Waals surface area (Å²) in [7, 11) is 0. The molecule has 0 aliphatic rings. The van der Waals surface area contributed by atoms with Gasteiger partial charge in [0.25, 0.3) is 0 Å². The Balaban J connectivity index is 2.98. The fourth-order valence-electron chi connectivity index (χ4n) is 0.434. The Labute approximate surface area is 50.7 Å². The summed E-state index contributed by atoms with van der Waals surface area (Å²) in [6, 6.07) is 0. The average Bonchev–Trinajstić information content (AvgIpc) is 2.14. The molecule has 0 aliphatic carbocycles. The van der Waals surface area contributed by atoms with Gasteiger partial charge in [-0.25, -0.2) is 4.98 Å². The first kappa shape index (κ1) is 5.74. The number of hydrogen-bond acceptors (Lipinski definition) is 4. The molecule has 0 aromatic carbocycles. The predicted octanol–water partition coefficient (Wildman–Crippen LogP) is -1.52. The van der Waals surface area contributed by atoms with Crippen molar-refractivity contribution in [1.29, 1.82) is 0 Å². The van der Waals surface area contributed by atoms with Crippen molar-refractivity contribution in [2.45, 2.75) is 6.92 Å². The molecular weight excluding hydrogens is 122 g/mol. The van der Waals surface area contributed by atoms with Gasteiger partial charge >= 0.3 is 0 Å². The molecule has 48 valence electrons. The molecule has 5 nitrogen and oxygen atoms in total. The second-order valence-corrected chi connectivity index (χ2v) is 1.53. The quantitative estimate of drug-likeness (QED) is 0.495. The van der Waals surface area contributed by atoms with E-state index >= 15 is 0 Å². The molecule has 9 heavy (non-hydrogen) atoms. The van der Waals surface area contributed by atoms with Crippen molar-refractivity contribution in [3.63, 3.8) is 0 Å². The zero-order chi connectivity index (χ0) is 6.85. The van der Waals surface area contributed by atoms with Gasteiger partial charge in [0.15, 0.2) is 5.82 Å². The molecule has 1 rings (SSSR count). The smallest absolute Gasteiger partial charge is 0.196 e. The van der Waals surface area contributed by atoms with E-state index in [1.807, 2.05) is 0 Å². The van der Waals surface area contributed by atoms with Crippen LogP contribution in [0.3, 0.4) is 0 Å². The Bertz CT molecular complexity index is 229. The highest BCUT2D eigenvalue weighted by atomic mass is 16.4. The Kier molecular flexibility index (Phi) is 1.18. The average molecular weight is 126 g/mol. The van der Waals surface area contributed by atoms with E-state index in [1.165, 1.54) is 0 Å². The summed E-state index contributed by atoms with van der Waals surface area (Å²) in [5.41, 5.74) is 0. The monoisotopic (exact) mass is 126 g/mol. The lowest BCUT2D eigenvalue weighted by atomic mass is 10.6. The molecule has 0 amide bonds. The highest BCUT2D eigenvalue weighted by Crippen LogP contribution is 1.86. The molecule has 0 radical (unpaired) electrons. The van der Waals surface area contributed by atoms with E-state index < -0.39 is 5.97 Å². The van der Waals surface area contributed by atoms with Crippen LogP contribution in [-0.2, 0) is 0 Å². The Morgan fingerprint density at radius 2 is 2.44 bits per heavy atom. The standard InChI is InChI=1S/C4H5N3O2/c1-2-5-3(4(8)9)7-6-2/h1H3,(H,8,9)(H,5,6,7)/p-1. The first-order valence-electron chi connectivity index (χ1n) is 2.30. The van der Waals surface area contributed by atoms with Crippen molar-refractivity contribution in [1.82, 2.24) is 15.2 Å². The van der Waals surface area contributed by atoms with Crippen LogP contribution in [0.4, 0.5) is 0 Å². The van der Waals surface area contributed by atoms with Crippen LogP contribution in [0.25, 0.3) is 0 Å². The molecule has 0 spiro atoms. The zero-order valence-electron chi connectivity index (χ0n) is 4.71. The van der Waals surface area contributed by atoms with E-state index in [0.29, 0.717) is 5.82 Å². The Hall–Kier alpha value is -1.39. The molecule has 1 aromatic rings. The van der Waals surface area contributed by atoms with Gasteiger partial charge < -0.3 is 9.90 Å². The number of hydrogen-bond donors (Lipinski definition) is 1. The molecule has 1 heterocycles. The highest BCUT2D eigenvalue weighted by Gasteiger charge is 1.97. The molecule has 0 unspecified atom stereocenters. The van der Waals surface area contributed by atoms with Crippen LogP contribution in [-0.4, -0.2) is 21.2 Å². The fourth-order valence-corrected chi connectivity index (χ4v) is 0.434. The van der Waals surface area contributed by atoms with Gasteiger partial charge in [0.2, 0.25) is 0 Å². The van der Waals surface area contributed by atoms with Gasteiger partial charge in [0.1, 0.15) is 11.8 Å². The summed E-state index contributed by atoms with van der Waals surface area (Å²) < 4.78 is 0. The predicted molar refractivity (Wildman–Crippen MR) is 25.5 cm³/mol. The zero-order valence-corrected chi connectivity index (χ0v) is 4.71. The molecule has 0 saturated carbocycles. The number of aromatic carboxylic acids is 1. The SMILES string of the molecule is Cc1nc(C(=O)[O-])n[nH]1. The summed E-state index contributed by atoms with van der Waals surface area (Å²) in [6.45, 7) is 1.61. The summed E-state index contributed by atoms with van der Waals surface area (Å²) in [5, 5.41) is 15.6. The summed E-state index contributed by atoms with van der Waals surface area (Å²) in [6.07, 6.45) is 0. The lowest BCUT2D eigenvalue weighted by molar-refractivity contribution is -0.256. The minimum absolute atomic E-state index is 0.299. The minimum Gasteiger partial charge on any atom is -0.541 e. The number of aromatic amines is 1. The van der Waals surface area contributed by atoms with E-state index in [1.54, 1.807) is 6.92 Å². The summed E-state index contributed by atoms with van der Waals surface area (Å²) >= 11 is 0. The number of nitrogens with one attached hydrogen (secondary N) is 1. The van der Waals surface area contributed by atoms with Crippen LogP contribution >= 0.6 is 0 Å². The number of nitrogens with zero attached hydrogens (tertiary/aromatic N) is 2. The van der Waals surface area contributed by atoms with Crippen molar-refractivity contribution < 1.29 is 9.90 Å². The molecule has 0 bridgehead atoms. The van der Waals surface area contributed by atoms with Crippen molar-refractivity contribution >= 4 is 5.97 Å². The molecule has 0 saturated heterocycles. The lowest BCUT2D eigenvalue weighted by Gasteiger charge is -1.88. The number of aromatic nitrogens is 3. The topological polar surface area (TPSA) is 81.7 Å².